The van der Waals surface area contributed by atoms with Gasteiger partial charge in [0, 0.05) is 23.4 Å². The van der Waals surface area contributed by atoms with Gasteiger partial charge in [0.15, 0.2) is 0 Å². The maximum absolute atomic E-state index is 13.3. The number of amides is 1. The number of rotatable bonds is 6. The number of halogens is 1. The fraction of sp³-hybridized carbons (Fsp3) is 0.0870. The van der Waals surface area contributed by atoms with E-state index in [1.54, 1.807) is 18.2 Å². The molecule has 3 aromatic rings. The van der Waals surface area contributed by atoms with Gasteiger partial charge in [0.2, 0.25) is 0 Å². The van der Waals surface area contributed by atoms with Crippen LogP contribution in [0.15, 0.2) is 71.6 Å². The second-order valence-corrected chi connectivity index (χ2v) is 8.46. The van der Waals surface area contributed by atoms with Gasteiger partial charge in [-0.05, 0) is 66.9 Å². The summed E-state index contributed by atoms with van der Waals surface area (Å²) in [4.78, 5) is 23.0. The molecule has 0 saturated heterocycles. The highest BCUT2D eigenvalue weighted by Gasteiger charge is 2.17. The van der Waals surface area contributed by atoms with Gasteiger partial charge in [-0.25, -0.2) is 0 Å². The molecular formula is C23H19FN2O5S. The molecule has 1 amide bonds. The van der Waals surface area contributed by atoms with Gasteiger partial charge in [-0.1, -0.05) is 29.8 Å². The van der Waals surface area contributed by atoms with E-state index in [1.807, 2.05) is 19.1 Å². The molecule has 32 heavy (non-hydrogen) atoms. The van der Waals surface area contributed by atoms with Crippen LogP contribution in [0.2, 0.25) is 0 Å². The minimum Gasteiger partial charge on any atom is -0.322 e. The van der Waals surface area contributed by atoms with Crippen LogP contribution in [0, 0.1) is 24.0 Å². The van der Waals surface area contributed by atoms with Crippen molar-refractivity contribution >= 4 is 39.2 Å². The van der Waals surface area contributed by atoms with Gasteiger partial charge in [-0.15, -0.1) is 3.89 Å². The molecule has 1 N–H and O–H groups in total. The van der Waals surface area contributed by atoms with Gasteiger partial charge >= 0.3 is 10.2 Å². The van der Waals surface area contributed by atoms with E-state index in [2.05, 4.69) is 5.32 Å². The third-order valence-corrected chi connectivity index (χ3v) is 5.67. The number of nitro groups is 1. The largest absolute Gasteiger partial charge is 0.332 e. The van der Waals surface area contributed by atoms with Crippen LogP contribution in [-0.4, -0.2) is 19.2 Å². The molecule has 0 aliphatic rings. The zero-order valence-corrected chi connectivity index (χ0v) is 18.0. The van der Waals surface area contributed by atoms with Crippen molar-refractivity contribution in [2.24, 2.45) is 0 Å². The molecular weight excluding hydrogens is 435 g/mol. The first-order chi connectivity index (χ1) is 15.0. The van der Waals surface area contributed by atoms with Gasteiger partial charge < -0.3 is 5.32 Å². The van der Waals surface area contributed by atoms with Crippen LogP contribution in [0.1, 0.15) is 22.3 Å². The second-order valence-electron chi connectivity index (χ2n) is 7.15. The maximum atomic E-state index is 13.3. The number of nitro benzene ring substituents is 1. The van der Waals surface area contributed by atoms with Crippen molar-refractivity contribution < 1.29 is 22.0 Å². The highest BCUT2D eigenvalue weighted by molar-refractivity contribution is 7.86. The molecule has 0 spiro atoms. The monoisotopic (exact) mass is 454 g/mol. The molecule has 0 aliphatic heterocycles. The summed E-state index contributed by atoms with van der Waals surface area (Å²) >= 11 is 0. The number of carbonyl (C=O) groups excluding carboxylic acids is 1. The summed E-state index contributed by atoms with van der Waals surface area (Å²) < 4.78 is 35.7. The molecule has 0 heterocycles. The number of aryl methyl sites for hydroxylation is 2. The molecule has 7 nitrogen and oxygen atoms in total. The Kier molecular flexibility index (Phi) is 6.50. The minimum atomic E-state index is -4.87. The molecule has 9 heteroatoms. The molecule has 0 saturated carbocycles. The van der Waals surface area contributed by atoms with Crippen LogP contribution in [0.25, 0.3) is 11.6 Å². The molecule has 0 unspecified atom stereocenters. The van der Waals surface area contributed by atoms with Crippen LogP contribution in [0.3, 0.4) is 0 Å². The molecule has 0 aromatic heterocycles. The fourth-order valence-corrected chi connectivity index (χ4v) is 3.82. The number of nitrogens with one attached hydrogen (secondary N) is 1. The predicted octanol–water partition coefficient (Wildman–Crippen LogP) is 5.05. The first-order valence-corrected chi connectivity index (χ1v) is 10.8. The molecule has 0 atom stereocenters. The van der Waals surface area contributed by atoms with Crippen LogP contribution < -0.4 is 5.32 Å². The zero-order chi connectivity index (χ0) is 23.5. The Labute approximate surface area is 184 Å². The van der Waals surface area contributed by atoms with Gasteiger partial charge in [-0.3, -0.25) is 14.9 Å². The highest BCUT2D eigenvalue weighted by atomic mass is 32.3. The molecule has 3 aromatic carbocycles. The third-order valence-electron chi connectivity index (χ3n) is 4.68. The van der Waals surface area contributed by atoms with Gasteiger partial charge in [0.05, 0.1) is 4.92 Å². The summed E-state index contributed by atoms with van der Waals surface area (Å²) in [6.07, 6.45) is 1.60. The quantitative estimate of drug-likeness (QED) is 0.184. The summed E-state index contributed by atoms with van der Waals surface area (Å²) in [5.41, 5.74) is 2.81. The lowest BCUT2D eigenvalue weighted by Crippen LogP contribution is -2.14. The maximum Gasteiger partial charge on any atom is 0.332 e. The highest BCUT2D eigenvalue weighted by Crippen LogP contribution is 2.25. The SMILES string of the molecule is Cc1cccc(/C(=C/c2ccc([N+](=O)[O-])cc2)C(=O)Nc2ccc(S(=O)(=O)F)c(C)c2)c1. The number of benzene rings is 3. The fourth-order valence-electron chi connectivity index (χ4n) is 3.15. The van der Waals surface area contributed by atoms with E-state index in [4.69, 9.17) is 0 Å². The van der Waals surface area contributed by atoms with Crippen LogP contribution in [0.5, 0.6) is 0 Å². The number of carbonyl (C=O) groups is 1. The number of anilines is 1. The lowest BCUT2D eigenvalue weighted by molar-refractivity contribution is -0.384. The van der Waals surface area contributed by atoms with Crippen molar-refractivity contribution in [3.05, 3.63) is 99.1 Å². The predicted molar refractivity (Wildman–Crippen MR) is 120 cm³/mol. The first-order valence-electron chi connectivity index (χ1n) is 9.44. The van der Waals surface area contributed by atoms with Crippen molar-refractivity contribution in [1.82, 2.24) is 0 Å². The molecule has 0 bridgehead atoms. The van der Waals surface area contributed by atoms with E-state index < -0.39 is 25.9 Å². The first kappa shape index (κ1) is 22.8. The second kappa shape index (κ2) is 9.11. The number of hydrogen-bond acceptors (Lipinski definition) is 5. The Balaban J connectivity index is 1.99. The Hall–Kier alpha value is -3.85. The number of nitrogens with zero attached hydrogens (tertiary/aromatic N) is 1. The van der Waals surface area contributed by atoms with E-state index in [1.165, 1.54) is 43.3 Å². The van der Waals surface area contributed by atoms with Gasteiger partial charge in [0.1, 0.15) is 4.90 Å². The Morgan fingerprint density at radius 2 is 1.72 bits per heavy atom. The van der Waals surface area contributed by atoms with Crippen LogP contribution in [0.4, 0.5) is 15.3 Å². The standard InChI is InChI=1S/C23H19FN2O5S/c1-15-4-3-5-18(12-15)21(14-17-6-9-20(10-7-17)26(28)29)23(27)25-19-8-11-22(16(2)13-19)32(24,30)31/h3-14H,1-2H3,(H,25,27)/b21-14-. The average Bonchev–Trinajstić information content (AvgIpc) is 2.71. The van der Waals surface area contributed by atoms with E-state index >= 15 is 0 Å². The molecule has 164 valence electrons. The minimum absolute atomic E-state index is 0.0675. The summed E-state index contributed by atoms with van der Waals surface area (Å²) in [6.45, 7) is 3.31. The lowest BCUT2D eigenvalue weighted by atomic mass is 10.00. The van der Waals surface area contributed by atoms with Crippen molar-refractivity contribution in [3.63, 3.8) is 0 Å². The molecule has 0 aliphatic carbocycles. The zero-order valence-electron chi connectivity index (χ0n) is 17.2. The smallest absolute Gasteiger partial charge is 0.322 e. The molecule has 3 rings (SSSR count). The van der Waals surface area contributed by atoms with Crippen molar-refractivity contribution in [1.29, 1.82) is 0 Å². The Bertz CT molecular complexity index is 1330. The van der Waals surface area contributed by atoms with E-state index in [9.17, 15) is 27.2 Å². The summed E-state index contributed by atoms with van der Waals surface area (Å²) in [7, 11) is -4.87. The van der Waals surface area contributed by atoms with Crippen LogP contribution in [-0.2, 0) is 15.0 Å². The lowest BCUT2D eigenvalue weighted by Gasteiger charge is -2.12. The summed E-state index contributed by atoms with van der Waals surface area (Å²) in [6, 6.07) is 16.8. The Morgan fingerprint density at radius 1 is 1.03 bits per heavy atom. The van der Waals surface area contributed by atoms with Gasteiger partial charge in [-0.2, -0.15) is 8.42 Å². The number of non-ortho nitro benzene ring substituents is 1. The topological polar surface area (TPSA) is 106 Å². The average molecular weight is 454 g/mol. The van der Waals surface area contributed by atoms with Crippen molar-refractivity contribution in [3.8, 4) is 0 Å². The molecule has 0 fully saturated rings. The normalized spacial score (nSPS) is 11.8. The molecule has 0 radical (unpaired) electrons. The van der Waals surface area contributed by atoms with Gasteiger partial charge in [0.25, 0.3) is 11.6 Å². The van der Waals surface area contributed by atoms with E-state index in [-0.39, 0.29) is 11.3 Å². The third kappa shape index (κ3) is 5.44. The summed E-state index contributed by atoms with van der Waals surface area (Å²) in [5.74, 6) is -0.482. The van der Waals surface area contributed by atoms with Crippen molar-refractivity contribution in [2.45, 2.75) is 18.7 Å². The van der Waals surface area contributed by atoms with Crippen molar-refractivity contribution in [2.75, 3.05) is 5.32 Å². The number of hydrogen-bond donors (Lipinski definition) is 1. The van der Waals surface area contributed by atoms with E-state index in [0.29, 0.717) is 22.4 Å². The van der Waals surface area contributed by atoms with Crippen LogP contribution >= 0.6 is 0 Å². The van der Waals surface area contributed by atoms with E-state index in [0.717, 1.165) is 11.6 Å². The summed E-state index contributed by atoms with van der Waals surface area (Å²) in [5, 5.41) is 13.6. The Morgan fingerprint density at radius 3 is 2.28 bits per heavy atom.